The van der Waals surface area contributed by atoms with E-state index in [1.807, 2.05) is 0 Å². The van der Waals surface area contributed by atoms with E-state index in [0.717, 1.165) is 18.0 Å². The summed E-state index contributed by atoms with van der Waals surface area (Å²) in [7, 11) is 0. The number of aromatic nitrogens is 6. The van der Waals surface area contributed by atoms with Crippen molar-refractivity contribution in [3.05, 3.63) is 72.2 Å². The van der Waals surface area contributed by atoms with Gasteiger partial charge in [-0.3, -0.25) is 9.20 Å². The largest absolute Gasteiger partial charge is 0.417 e. The Hall–Kier alpha value is -3.76. The van der Waals surface area contributed by atoms with Gasteiger partial charge in [0.2, 0.25) is 0 Å². The Morgan fingerprint density at radius 2 is 1.86 bits per heavy atom. The molecule has 142 valence electrons. The predicted octanol–water partition coefficient (Wildman–Crippen LogP) is 2.26. The number of carbonyl (C=O) groups excluding carboxylic acids is 1. The van der Waals surface area contributed by atoms with Gasteiger partial charge < -0.3 is 5.32 Å². The second kappa shape index (κ2) is 6.76. The molecule has 28 heavy (non-hydrogen) atoms. The number of carbonyl (C=O) groups is 1. The monoisotopic (exact) mass is 387 g/mol. The molecule has 4 aromatic rings. The molecule has 1 amide bonds. The lowest BCUT2D eigenvalue weighted by atomic mass is 10.2. The molecular weight excluding hydrogens is 375 g/mol. The maximum Gasteiger partial charge on any atom is 0.417 e. The molecule has 3 aromatic heterocycles. The number of hydrogen-bond donors (Lipinski definition) is 1. The highest BCUT2D eigenvalue weighted by molar-refractivity contribution is 5.94. The van der Waals surface area contributed by atoms with Gasteiger partial charge in [0.05, 0.1) is 17.8 Å². The highest BCUT2D eigenvalue weighted by Gasteiger charge is 2.31. The summed E-state index contributed by atoms with van der Waals surface area (Å²) in [5, 5.41) is 14.3. The van der Waals surface area contributed by atoms with Gasteiger partial charge in [0.15, 0.2) is 11.5 Å². The smallest absolute Gasteiger partial charge is 0.345 e. The number of fused-ring (bicyclic) bond motifs is 1. The zero-order valence-corrected chi connectivity index (χ0v) is 14.1. The molecular formula is C17H12F3N7O. The van der Waals surface area contributed by atoms with Crippen LogP contribution < -0.4 is 5.32 Å². The third kappa shape index (κ3) is 3.41. The summed E-state index contributed by atoms with van der Waals surface area (Å²) >= 11 is 0. The fourth-order valence-electron chi connectivity index (χ4n) is 2.59. The lowest BCUT2D eigenvalue weighted by molar-refractivity contribution is -0.137. The van der Waals surface area contributed by atoms with E-state index in [2.05, 4.69) is 25.6 Å². The number of hydrogen-bond acceptors (Lipinski definition) is 5. The van der Waals surface area contributed by atoms with Crippen LogP contribution in [0.15, 0.2) is 55.2 Å². The molecule has 0 radical (unpaired) electrons. The van der Waals surface area contributed by atoms with Crippen LogP contribution in [0.5, 0.6) is 0 Å². The van der Waals surface area contributed by atoms with Crippen LogP contribution in [0, 0.1) is 0 Å². The zero-order chi connectivity index (χ0) is 19.7. The summed E-state index contributed by atoms with van der Waals surface area (Å²) in [4.78, 5) is 16.2. The molecule has 11 heteroatoms. The number of alkyl halides is 3. The highest BCUT2D eigenvalue weighted by atomic mass is 19.4. The summed E-state index contributed by atoms with van der Waals surface area (Å²) in [6.45, 7) is -0.0772. The average Bonchev–Trinajstić information content (AvgIpc) is 3.35. The van der Waals surface area contributed by atoms with E-state index >= 15 is 0 Å². The van der Waals surface area contributed by atoms with Gasteiger partial charge in [0, 0.05) is 11.8 Å². The number of benzene rings is 1. The Kier molecular flexibility index (Phi) is 4.26. The van der Waals surface area contributed by atoms with E-state index in [1.54, 1.807) is 28.9 Å². The first-order valence-electron chi connectivity index (χ1n) is 8.06. The van der Waals surface area contributed by atoms with Crippen molar-refractivity contribution in [1.29, 1.82) is 0 Å². The first-order chi connectivity index (χ1) is 13.4. The number of pyridine rings is 1. The Morgan fingerprint density at radius 1 is 1.07 bits per heavy atom. The van der Waals surface area contributed by atoms with E-state index < -0.39 is 17.6 Å². The van der Waals surface area contributed by atoms with Gasteiger partial charge in [-0.1, -0.05) is 0 Å². The van der Waals surface area contributed by atoms with E-state index in [0.29, 0.717) is 5.56 Å². The number of rotatable bonds is 4. The summed E-state index contributed by atoms with van der Waals surface area (Å²) in [5.41, 5.74) is 0.552. The van der Waals surface area contributed by atoms with E-state index in [9.17, 15) is 18.0 Å². The first-order valence-corrected chi connectivity index (χ1v) is 8.06. The predicted molar refractivity (Wildman–Crippen MR) is 90.5 cm³/mol. The van der Waals surface area contributed by atoms with Crippen molar-refractivity contribution >= 4 is 11.6 Å². The molecule has 0 saturated carbocycles. The summed E-state index contributed by atoms with van der Waals surface area (Å²) in [5.74, 6) is -0.206. The minimum absolute atomic E-state index is 0.0772. The quantitative estimate of drug-likeness (QED) is 0.580. The minimum atomic E-state index is -4.48. The van der Waals surface area contributed by atoms with Crippen LogP contribution in [0.2, 0.25) is 0 Å². The first kappa shape index (κ1) is 17.6. The molecule has 3 heterocycles. The molecule has 0 fully saturated rings. The second-order valence-corrected chi connectivity index (χ2v) is 5.83. The number of amides is 1. The summed E-state index contributed by atoms with van der Waals surface area (Å²) < 4.78 is 41.4. The Balaban J connectivity index is 1.49. The molecule has 0 aliphatic heterocycles. The van der Waals surface area contributed by atoms with Gasteiger partial charge in [-0.15, -0.1) is 10.2 Å². The van der Waals surface area contributed by atoms with Crippen molar-refractivity contribution in [1.82, 2.24) is 34.7 Å². The van der Waals surface area contributed by atoms with Gasteiger partial charge in [0.25, 0.3) is 5.91 Å². The molecule has 0 spiro atoms. The van der Waals surface area contributed by atoms with Crippen molar-refractivity contribution in [2.75, 3.05) is 0 Å². The zero-order valence-electron chi connectivity index (χ0n) is 14.1. The SMILES string of the molecule is O=C(NCc1nnc2ccc(C(F)(F)F)cn12)c1ccc(-n2cncn2)cc1. The summed E-state index contributed by atoms with van der Waals surface area (Å²) in [6.07, 6.45) is -0.650. The van der Waals surface area contributed by atoms with E-state index in [-0.39, 0.29) is 18.0 Å². The van der Waals surface area contributed by atoms with Crippen LogP contribution in [0.25, 0.3) is 11.3 Å². The third-order valence-corrected chi connectivity index (χ3v) is 4.02. The fourth-order valence-corrected chi connectivity index (χ4v) is 2.59. The molecule has 4 rings (SSSR count). The van der Waals surface area contributed by atoms with Crippen molar-refractivity contribution in [2.24, 2.45) is 0 Å². The van der Waals surface area contributed by atoms with Crippen LogP contribution in [0.4, 0.5) is 13.2 Å². The van der Waals surface area contributed by atoms with Crippen molar-refractivity contribution < 1.29 is 18.0 Å². The lowest BCUT2D eigenvalue weighted by Crippen LogP contribution is -2.24. The molecule has 8 nitrogen and oxygen atoms in total. The highest BCUT2D eigenvalue weighted by Crippen LogP contribution is 2.29. The van der Waals surface area contributed by atoms with Crippen molar-refractivity contribution in [2.45, 2.75) is 12.7 Å². The van der Waals surface area contributed by atoms with Crippen LogP contribution in [0.1, 0.15) is 21.7 Å². The minimum Gasteiger partial charge on any atom is -0.345 e. The van der Waals surface area contributed by atoms with Crippen LogP contribution >= 0.6 is 0 Å². The van der Waals surface area contributed by atoms with Gasteiger partial charge >= 0.3 is 6.18 Å². The lowest BCUT2D eigenvalue weighted by Gasteiger charge is -2.08. The molecule has 0 aliphatic rings. The van der Waals surface area contributed by atoms with Gasteiger partial charge in [-0.2, -0.15) is 18.3 Å². The molecule has 0 saturated heterocycles. The molecule has 1 aromatic carbocycles. The fraction of sp³-hybridized carbons (Fsp3) is 0.118. The number of nitrogens with zero attached hydrogens (tertiary/aromatic N) is 6. The Bertz CT molecular complexity index is 1120. The van der Waals surface area contributed by atoms with Crippen LogP contribution in [-0.4, -0.2) is 35.3 Å². The molecule has 1 N–H and O–H groups in total. The topological polar surface area (TPSA) is 90.0 Å². The Morgan fingerprint density at radius 3 is 2.54 bits per heavy atom. The van der Waals surface area contributed by atoms with E-state index in [1.165, 1.54) is 23.1 Å². The molecule has 0 aliphatic carbocycles. The van der Waals surface area contributed by atoms with Crippen molar-refractivity contribution in [3.8, 4) is 5.69 Å². The number of halogens is 3. The van der Waals surface area contributed by atoms with Gasteiger partial charge in [0.1, 0.15) is 12.7 Å². The molecule has 0 atom stereocenters. The normalized spacial score (nSPS) is 11.7. The van der Waals surface area contributed by atoms with Gasteiger partial charge in [-0.05, 0) is 36.4 Å². The van der Waals surface area contributed by atoms with Crippen molar-refractivity contribution in [3.63, 3.8) is 0 Å². The maximum absolute atomic E-state index is 12.9. The third-order valence-electron chi connectivity index (χ3n) is 4.02. The molecule has 0 bridgehead atoms. The van der Waals surface area contributed by atoms with Crippen LogP contribution in [0.3, 0.4) is 0 Å². The average molecular weight is 387 g/mol. The van der Waals surface area contributed by atoms with Crippen LogP contribution in [-0.2, 0) is 12.7 Å². The molecule has 0 unspecified atom stereocenters. The summed E-state index contributed by atoms with van der Waals surface area (Å²) in [6, 6.07) is 8.77. The standard InChI is InChI=1S/C17H12F3N7O/c18-17(19,20)12-3-6-14-24-25-15(26(14)8-12)7-22-16(28)11-1-4-13(5-2-11)27-10-21-9-23-27/h1-6,8-10H,7H2,(H,22,28). The van der Waals surface area contributed by atoms with E-state index in [4.69, 9.17) is 0 Å². The second-order valence-electron chi connectivity index (χ2n) is 5.83. The van der Waals surface area contributed by atoms with Gasteiger partial charge in [-0.25, -0.2) is 9.67 Å². The maximum atomic E-state index is 12.9. The number of nitrogens with one attached hydrogen (secondary N) is 1. The Labute approximate surface area is 155 Å².